The van der Waals surface area contributed by atoms with E-state index in [1.54, 1.807) is 0 Å². The zero-order valence-electron chi connectivity index (χ0n) is 12.4. The van der Waals surface area contributed by atoms with Crippen molar-refractivity contribution in [1.29, 1.82) is 0 Å². The Morgan fingerprint density at radius 1 is 1.00 bits per heavy atom. The number of carbonyl (C=O) groups excluding carboxylic acids is 1. The lowest BCUT2D eigenvalue weighted by molar-refractivity contribution is -0.131. The Balaban J connectivity index is 1.61. The van der Waals surface area contributed by atoms with E-state index in [0.717, 1.165) is 19.6 Å². The van der Waals surface area contributed by atoms with E-state index in [1.807, 2.05) is 4.90 Å². The third kappa shape index (κ3) is 5.11. The number of carbonyl (C=O) groups is 1. The largest absolute Gasteiger partial charge is 0.342 e. The number of nitrogens with one attached hydrogen (secondary N) is 1. The number of rotatable bonds is 5. The Morgan fingerprint density at radius 2 is 1.58 bits per heavy atom. The van der Waals surface area contributed by atoms with Crippen molar-refractivity contribution in [3.05, 3.63) is 0 Å². The fraction of sp³-hybridized carbons (Fsp3) is 0.933. The van der Waals surface area contributed by atoms with Gasteiger partial charge in [0.1, 0.15) is 0 Å². The lowest BCUT2D eigenvalue weighted by Gasteiger charge is -2.30. The number of likely N-dealkylation sites (tertiary alicyclic amines) is 2. The number of nitrogens with zero attached hydrogens (tertiary/aromatic N) is 2. The molecule has 2 heterocycles. The van der Waals surface area contributed by atoms with Gasteiger partial charge in [0.15, 0.2) is 0 Å². The van der Waals surface area contributed by atoms with Crippen LogP contribution in [0.2, 0.25) is 0 Å². The summed E-state index contributed by atoms with van der Waals surface area (Å²) in [6.07, 6.45) is 7.68. The number of hydrogen-bond donors (Lipinski definition) is 1. The van der Waals surface area contributed by atoms with Crippen LogP contribution in [0.3, 0.4) is 0 Å². The van der Waals surface area contributed by atoms with Crippen LogP contribution in [0, 0.1) is 0 Å². The second kappa shape index (κ2) is 7.85. The summed E-state index contributed by atoms with van der Waals surface area (Å²) in [6, 6.07) is 0.409. The Kier molecular flexibility index (Phi) is 6.11. The van der Waals surface area contributed by atoms with Gasteiger partial charge in [0, 0.05) is 25.7 Å². The zero-order chi connectivity index (χ0) is 13.5. The summed E-state index contributed by atoms with van der Waals surface area (Å²) in [7, 11) is 0. The maximum absolute atomic E-state index is 12.0. The average Bonchev–Trinajstić information content (AvgIpc) is 2.47. The smallest absolute Gasteiger partial charge is 0.236 e. The van der Waals surface area contributed by atoms with E-state index in [1.165, 1.54) is 51.6 Å². The molecular weight excluding hydrogens is 238 g/mol. The van der Waals surface area contributed by atoms with Crippen molar-refractivity contribution in [2.45, 2.75) is 51.5 Å². The Bertz CT molecular complexity index is 271. The van der Waals surface area contributed by atoms with E-state index in [9.17, 15) is 4.79 Å². The van der Waals surface area contributed by atoms with E-state index in [2.05, 4.69) is 17.1 Å². The van der Waals surface area contributed by atoms with Crippen LogP contribution in [0.15, 0.2) is 0 Å². The first-order valence-electron chi connectivity index (χ1n) is 7.99. The third-order valence-corrected chi connectivity index (χ3v) is 4.29. The van der Waals surface area contributed by atoms with Crippen molar-refractivity contribution in [3.8, 4) is 0 Å². The molecule has 4 heteroatoms. The van der Waals surface area contributed by atoms with Crippen LogP contribution in [0.4, 0.5) is 0 Å². The molecule has 0 aromatic heterocycles. The summed E-state index contributed by atoms with van der Waals surface area (Å²) in [6.45, 7) is 8.15. The summed E-state index contributed by atoms with van der Waals surface area (Å²) in [4.78, 5) is 16.6. The Labute approximate surface area is 117 Å². The Hall–Kier alpha value is -0.610. The molecule has 19 heavy (non-hydrogen) atoms. The highest BCUT2D eigenvalue weighted by Gasteiger charge is 2.18. The maximum atomic E-state index is 12.0. The van der Waals surface area contributed by atoms with Gasteiger partial charge in [0.25, 0.3) is 0 Å². The minimum Gasteiger partial charge on any atom is -0.342 e. The van der Waals surface area contributed by atoms with E-state index in [-0.39, 0.29) is 5.91 Å². The average molecular weight is 267 g/mol. The lowest BCUT2D eigenvalue weighted by atomic mass is 10.1. The summed E-state index contributed by atoms with van der Waals surface area (Å²) < 4.78 is 0. The molecule has 1 unspecified atom stereocenters. The van der Waals surface area contributed by atoms with Crippen molar-refractivity contribution >= 4 is 5.91 Å². The van der Waals surface area contributed by atoms with Crippen molar-refractivity contribution in [3.63, 3.8) is 0 Å². The molecule has 0 aromatic rings. The van der Waals surface area contributed by atoms with Crippen molar-refractivity contribution in [2.75, 3.05) is 39.3 Å². The quantitative estimate of drug-likeness (QED) is 0.819. The van der Waals surface area contributed by atoms with Gasteiger partial charge in [-0.2, -0.15) is 0 Å². The van der Waals surface area contributed by atoms with Crippen LogP contribution in [0.5, 0.6) is 0 Å². The summed E-state index contributed by atoms with van der Waals surface area (Å²) in [5, 5.41) is 3.39. The highest BCUT2D eigenvalue weighted by atomic mass is 16.2. The van der Waals surface area contributed by atoms with Gasteiger partial charge in [-0.25, -0.2) is 0 Å². The molecule has 0 aliphatic carbocycles. The van der Waals surface area contributed by atoms with Gasteiger partial charge in [0.05, 0.1) is 6.54 Å². The van der Waals surface area contributed by atoms with E-state index >= 15 is 0 Å². The highest BCUT2D eigenvalue weighted by Crippen LogP contribution is 2.09. The lowest BCUT2D eigenvalue weighted by Crippen LogP contribution is -2.46. The second-order valence-corrected chi connectivity index (χ2v) is 6.08. The highest BCUT2D eigenvalue weighted by molar-refractivity contribution is 5.78. The Morgan fingerprint density at radius 3 is 2.21 bits per heavy atom. The predicted molar refractivity (Wildman–Crippen MR) is 78.2 cm³/mol. The van der Waals surface area contributed by atoms with E-state index in [0.29, 0.717) is 12.6 Å². The summed E-state index contributed by atoms with van der Waals surface area (Å²) >= 11 is 0. The molecule has 1 amide bonds. The topological polar surface area (TPSA) is 35.6 Å². The monoisotopic (exact) mass is 267 g/mol. The molecule has 0 bridgehead atoms. The van der Waals surface area contributed by atoms with Gasteiger partial charge in [-0.15, -0.1) is 0 Å². The van der Waals surface area contributed by atoms with E-state index in [4.69, 9.17) is 0 Å². The van der Waals surface area contributed by atoms with Gasteiger partial charge in [-0.05, 0) is 52.1 Å². The fourth-order valence-electron chi connectivity index (χ4n) is 3.11. The molecule has 2 aliphatic rings. The zero-order valence-corrected chi connectivity index (χ0v) is 12.4. The van der Waals surface area contributed by atoms with Crippen molar-refractivity contribution in [1.82, 2.24) is 15.1 Å². The molecule has 4 nitrogen and oxygen atoms in total. The third-order valence-electron chi connectivity index (χ3n) is 4.29. The SMILES string of the molecule is CC(CN1CCCCC1)NCC(=O)N1CCCCC1. The molecule has 0 aromatic carbocycles. The first-order valence-corrected chi connectivity index (χ1v) is 7.99. The molecule has 0 spiro atoms. The second-order valence-electron chi connectivity index (χ2n) is 6.08. The predicted octanol–water partition coefficient (Wildman–Crippen LogP) is 1.46. The fourth-order valence-corrected chi connectivity index (χ4v) is 3.11. The van der Waals surface area contributed by atoms with Gasteiger partial charge < -0.3 is 15.1 Å². The van der Waals surface area contributed by atoms with Crippen LogP contribution in [0.1, 0.15) is 45.4 Å². The molecule has 1 atom stereocenters. The van der Waals surface area contributed by atoms with E-state index < -0.39 is 0 Å². The normalized spacial score (nSPS) is 23.3. The molecule has 0 saturated carbocycles. The van der Waals surface area contributed by atoms with Crippen LogP contribution in [0.25, 0.3) is 0 Å². The van der Waals surface area contributed by atoms with Gasteiger partial charge in [-0.3, -0.25) is 4.79 Å². The van der Waals surface area contributed by atoms with Crippen molar-refractivity contribution in [2.24, 2.45) is 0 Å². The molecule has 0 radical (unpaired) electrons. The first kappa shape index (κ1) is 14.8. The van der Waals surface area contributed by atoms with Gasteiger partial charge in [0.2, 0.25) is 5.91 Å². The summed E-state index contributed by atoms with van der Waals surface area (Å²) in [5.41, 5.74) is 0. The molecule has 110 valence electrons. The number of piperidine rings is 2. The summed E-state index contributed by atoms with van der Waals surface area (Å²) in [5.74, 6) is 0.283. The molecule has 2 rings (SSSR count). The minimum absolute atomic E-state index is 0.283. The number of hydrogen-bond acceptors (Lipinski definition) is 3. The molecular formula is C15H29N3O. The van der Waals surface area contributed by atoms with Crippen LogP contribution < -0.4 is 5.32 Å². The standard InChI is InChI=1S/C15H29N3O/c1-14(13-17-8-4-2-5-9-17)16-12-15(19)18-10-6-3-7-11-18/h14,16H,2-13H2,1H3. The van der Waals surface area contributed by atoms with Gasteiger partial charge >= 0.3 is 0 Å². The maximum Gasteiger partial charge on any atom is 0.236 e. The minimum atomic E-state index is 0.283. The van der Waals surface area contributed by atoms with Crippen LogP contribution in [-0.2, 0) is 4.79 Å². The van der Waals surface area contributed by atoms with Gasteiger partial charge in [-0.1, -0.05) is 6.42 Å². The molecule has 1 N–H and O–H groups in total. The number of amides is 1. The van der Waals surface area contributed by atoms with Crippen LogP contribution in [-0.4, -0.2) is 61.0 Å². The first-order chi connectivity index (χ1) is 9.25. The molecule has 2 aliphatic heterocycles. The molecule has 2 saturated heterocycles. The molecule has 2 fully saturated rings. The van der Waals surface area contributed by atoms with Crippen molar-refractivity contribution < 1.29 is 4.79 Å². The van der Waals surface area contributed by atoms with Crippen LogP contribution >= 0.6 is 0 Å².